The monoisotopic (exact) mass is 188 g/mol. The molecule has 1 aromatic heterocycles. The highest BCUT2D eigenvalue weighted by Crippen LogP contribution is 2.21. The SMILES string of the molecule is N#Cc1c(C(F)F)c[nH]c(=O)c1F. The molecule has 0 spiro atoms. The number of H-pyrrole nitrogens is 1. The Hall–Kier alpha value is -1.77. The van der Waals surface area contributed by atoms with E-state index in [1.807, 2.05) is 0 Å². The number of nitrogens with one attached hydrogen (secondary N) is 1. The minimum Gasteiger partial charge on any atom is -0.326 e. The lowest BCUT2D eigenvalue weighted by atomic mass is 10.1. The van der Waals surface area contributed by atoms with Crippen LogP contribution in [0.15, 0.2) is 11.0 Å². The molecule has 1 rings (SSSR count). The first kappa shape index (κ1) is 9.32. The van der Waals surface area contributed by atoms with Crippen molar-refractivity contribution < 1.29 is 13.2 Å². The average Bonchev–Trinajstić information content (AvgIpc) is 2.09. The lowest BCUT2D eigenvalue weighted by Gasteiger charge is -2.01. The van der Waals surface area contributed by atoms with Gasteiger partial charge in [-0.1, -0.05) is 0 Å². The topological polar surface area (TPSA) is 56.6 Å². The number of hydrogen-bond donors (Lipinski definition) is 1. The number of nitriles is 1. The quantitative estimate of drug-likeness (QED) is 0.722. The van der Waals surface area contributed by atoms with Gasteiger partial charge in [-0.15, -0.1) is 0 Å². The zero-order valence-corrected chi connectivity index (χ0v) is 6.14. The first-order chi connectivity index (χ1) is 6.07. The summed E-state index contributed by atoms with van der Waals surface area (Å²) >= 11 is 0. The van der Waals surface area contributed by atoms with E-state index in [4.69, 9.17) is 5.26 Å². The molecule has 0 amide bonds. The largest absolute Gasteiger partial charge is 0.326 e. The molecule has 13 heavy (non-hydrogen) atoms. The molecule has 0 aromatic carbocycles. The fourth-order valence-corrected chi connectivity index (χ4v) is 0.805. The van der Waals surface area contributed by atoms with Crippen molar-refractivity contribution in [3.05, 3.63) is 33.5 Å². The van der Waals surface area contributed by atoms with Crippen molar-refractivity contribution in [2.45, 2.75) is 6.43 Å². The molecule has 0 aliphatic carbocycles. The summed E-state index contributed by atoms with van der Waals surface area (Å²) in [4.78, 5) is 12.3. The third-order valence-corrected chi connectivity index (χ3v) is 1.41. The second-order valence-electron chi connectivity index (χ2n) is 2.17. The van der Waals surface area contributed by atoms with Crippen molar-refractivity contribution in [3.63, 3.8) is 0 Å². The van der Waals surface area contributed by atoms with Crippen molar-refractivity contribution >= 4 is 0 Å². The minimum absolute atomic E-state index is 0.634. The summed E-state index contributed by atoms with van der Waals surface area (Å²) < 4.78 is 36.9. The van der Waals surface area contributed by atoms with E-state index in [1.165, 1.54) is 6.07 Å². The van der Waals surface area contributed by atoms with Crippen LogP contribution in [0.5, 0.6) is 0 Å². The maximum absolute atomic E-state index is 12.7. The molecule has 68 valence electrons. The van der Waals surface area contributed by atoms with Crippen molar-refractivity contribution in [1.82, 2.24) is 4.98 Å². The van der Waals surface area contributed by atoms with Crippen LogP contribution in [-0.2, 0) is 0 Å². The maximum Gasteiger partial charge on any atom is 0.285 e. The van der Waals surface area contributed by atoms with Crippen LogP contribution in [0, 0.1) is 17.1 Å². The maximum atomic E-state index is 12.7. The molecule has 1 heterocycles. The van der Waals surface area contributed by atoms with Crippen LogP contribution < -0.4 is 5.56 Å². The number of pyridine rings is 1. The fourth-order valence-electron chi connectivity index (χ4n) is 0.805. The Morgan fingerprint density at radius 2 is 2.15 bits per heavy atom. The third kappa shape index (κ3) is 1.54. The smallest absolute Gasteiger partial charge is 0.285 e. The van der Waals surface area contributed by atoms with Gasteiger partial charge in [0.05, 0.1) is 5.56 Å². The predicted octanol–water partition coefficient (Wildman–Crippen LogP) is 1.32. The molecule has 0 radical (unpaired) electrons. The average molecular weight is 188 g/mol. The summed E-state index contributed by atoms with van der Waals surface area (Å²) in [6, 6.07) is 1.21. The van der Waals surface area contributed by atoms with Gasteiger partial charge in [0.1, 0.15) is 11.6 Å². The number of alkyl halides is 2. The normalized spacial score (nSPS) is 10.1. The molecule has 1 N–H and O–H groups in total. The molecule has 0 bridgehead atoms. The first-order valence-electron chi connectivity index (χ1n) is 3.17. The van der Waals surface area contributed by atoms with Gasteiger partial charge in [0.2, 0.25) is 5.82 Å². The van der Waals surface area contributed by atoms with Gasteiger partial charge < -0.3 is 4.98 Å². The van der Waals surface area contributed by atoms with Gasteiger partial charge in [0.15, 0.2) is 0 Å². The van der Waals surface area contributed by atoms with Gasteiger partial charge in [-0.2, -0.15) is 9.65 Å². The lowest BCUT2D eigenvalue weighted by molar-refractivity contribution is 0.150. The summed E-state index contributed by atoms with van der Waals surface area (Å²) in [5, 5.41) is 8.30. The van der Waals surface area contributed by atoms with E-state index in [1.54, 1.807) is 4.98 Å². The molecular formula is C7H3F3N2O. The van der Waals surface area contributed by atoms with Crippen LogP contribution in [0.1, 0.15) is 17.6 Å². The van der Waals surface area contributed by atoms with Crippen LogP contribution in [0.4, 0.5) is 13.2 Å². The van der Waals surface area contributed by atoms with Gasteiger partial charge in [-0.05, 0) is 0 Å². The summed E-state index contributed by atoms with van der Waals surface area (Å²) in [6.07, 6.45) is -2.35. The van der Waals surface area contributed by atoms with Gasteiger partial charge in [0, 0.05) is 6.20 Å². The fraction of sp³-hybridized carbons (Fsp3) is 0.143. The number of hydrogen-bond acceptors (Lipinski definition) is 2. The van der Waals surface area contributed by atoms with Crippen molar-refractivity contribution in [3.8, 4) is 6.07 Å². The Balaban J connectivity index is 3.50. The zero-order valence-electron chi connectivity index (χ0n) is 6.14. The number of rotatable bonds is 1. The van der Waals surface area contributed by atoms with Crippen molar-refractivity contribution in [2.24, 2.45) is 0 Å². The standard InChI is InChI=1S/C7H3F3N2O/c8-5-3(1-11)4(6(9)10)2-12-7(5)13/h2,6H,(H,12,13). The van der Waals surface area contributed by atoms with Crippen LogP contribution >= 0.6 is 0 Å². The molecule has 0 unspecified atom stereocenters. The summed E-state index contributed by atoms with van der Waals surface area (Å²) in [5.74, 6) is -1.47. The van der Waals surface area contributed by atoms with E-state index >= 15 is 0 Å². The summed E-state index contributed by atoms with van der Waals surface area (Å²) in [7, 11) is 0. The van der Waals surface area contributed by atoms with E-state index in [-0.39, 0.29) is 0 Å². The number of aromatic nitrogens is 1. The molecule has 0 saturated heterocycles. The summed E-state index contributed by atoms with van der Waals surface area (Å²) in [6.45, 7) is 0. The highest BCUT2D eigenvalue weighted by atomic mass is 19.3. The predicted molar refractivity (Wildman–Crippen MR) is 36.7 cm³/mol. The Morgan fingerprint density at radius 3 is 2.62 bits per heavy atom. The molecule has 3 nitrogen and oxygen atoms in total. The molecule has 0 saturated carbocycles. The summed E-state index contributed by atoms with van der Waals surface area (Å²) in [5.41, 5.74) is -2.89. The second-order valence-corrected chi connectivity index (χ2v) is 2.17. The molecule has 1 aromatic rings. The van der Waals surface area contributed by atoms with E-state index in [0.717, 1.165) is 0 Å². The molecule has 0 fully saturated rings. The van der Waals surface area contributed by atoms with Crippen molar-refractivity contribution in [2.75, 3.05) is 0 Å². The van der Waals surface area contributed by atoms with E-state index < -0.39 is 28.9 Å². The molecule has 0 aliphatic rings. The lowest BCUT2D eigenvalue weighted by Crippen LogP contribution is -2.14. The van der Waals surface area contributed by atoms with Crippen LogP contribution in [0.25, 0.3) is 0 Å². The van der Waals surface area contributed by atoms with E-state index in [2.05, 4.69) is 0 Å². The molecule has 0 atom stereocenters. The second kappa shape index (κ2) is 3.31. The number of nitrogens with zero attached hydrogens (tertiary/aromatic N) is 1. The first-order valence-corrected chi connectivity index (χ1v) is 3.17. The van der Waals surface area contributed by atoms with Crippen LogP contribution in [0.2, 0.25) is 0 Å². The van der Waals surface area contributed by atoms with Crippen LogP contribution in [0.3, 0.4) is 0 Å². The highest BCUT2D eigenvalue weighted by molar-refractivity contribution is 5.36. The highest BCUT2D eigenvalue weighted by Gasteiger charge is 2.18. The van der Waals surface area contributed by atoms with Gasteiger partial charge in [-0.25, -0.2) is 8.78 Å². The van der Waals surface area contributed by atoms with E-state index in [0.29, 0.717) is 6.20 Å². The van der Waals surface area contributed by atoms with Gasteiger partial charge in [0.25, 0.3) is 12.0 Å². The zero-order chi connectivity index (χ0) is 10.0. The molecular weight excluding hydrogens is 185 g/mol. The number of aromatic amines is 1. The Labute approximate surface area is 70.4 Å². The molecule has 0 aliphatic heterocycles. The third-order valence-electron chi connectivity index (χ3n) is 1.41. The van der Waals surface area contributed by atoms with Gasteiger partial charge in [-0.3, -0.25) is 4.79 Å². The number of halogens is 3. The Bertz CT molecular complexity index is 419. The Morgan fingerprint density at radius 1 is 1.54 bits per heavy atom. The molecule has 6 heteroatoms. The van der Waals surface area contributed by atoms with E-state index in [9.17, 15) is 18.0 Å². The Kier molecular flexibility index (Phi) is 2.37. The minimum atomic E-state index is -2.99. The van der Waals surface area contributed by atoms with Crippen LogP contribution in [-0.4, -0.2) is 4.98 Å². The van der Waals surface area contributed by atoms with Crippen molar-refractivity contribution in [1.29, 1.82) is 5.26 Å². The van der Waals surface area contributed by atoms with Gasteiger partial charge >= 0.3 is 0 Å².